The van der Waals surface area contributed by atoms with Gasteiger partial charge < -0.3 is 19.5 Å². The molecule has 0 aliphatic carbocycles. The molecule has 0 aliphatic rings. The Bertz CT molecular complexity index is 727. The van der Waals surface area contributed by atoms with Gasteiger partial charge in [0.05, 0.1) is 21.3 Å². The number of methoxy groups -OCH3 is 3. The number of ether oxygens (including phenoxy) is 3. The number of hydrogen-bond donors (Lipinski definition) is 1. The Hall–Kier alpha value is -3.02. The first-order chi connectivity index (χ1) is 11.5. The SMILES string of the molecule is COc1cc(OC)c(C(=O)Nc2ccc(C(C)=O)cc2)c(OC)c1. The minimum Gasteiger partial charge on any atom is -0.496 e. The maximum absolute atomic E-state index is 12.6. The third kappa shape index (κ3) is 3.65. The first-order valence-corrected chi connectivity index (χ1v) is 7.22. The molecule has 0 bridgehead atoms. The van der Waals surface area contributed by atoms with E-state index in [4.69, 9.17) is 14.2 Å². The maximum Gasteiger partial charge on any atom is 0.263 e. The van der Waals surface area contributed by atoms with Crippen LogP contribution in [-0.4, -0.2) is 33.0 Å². The van der Waals surface area contributed by atoms with Gasteiger partial charge in [0.1, 0.15) is 22.8 Å². The van der Waals surface area contributed by atoms with Gasteiger partial charge in [-0.2, -0.15) is 0 Å². The molecule has 1 N–H and O–H groups in total. The number of carbonyl (C=O) groups excluding carboxylic acids is 2. The summed E-state index contributed by atoms with van der Waals surface area (Å²) in [6, 6.07) is 9.85. The molecule has 2 rings (SSSR count). The first kappa shape index (κ1) is 17.3. The molecule has 2 aromatic carbocycles. The summed E-state index contributed by atoms with van der Waals surface area (Å²) in [5.41, 5.74) is 1.40. The molecule has 0 aliphatic heterocycles. The highest BCUT2D eigenvalue weighted by Gasteiger charge is 2.20. The zero-order chi connectivity index (χ0) is 17.7. The third-order valence-corrected chi connectivity index (χ3v) is 3.49. The van der Waals surface area contributed by atoms with Crippen LogP contribution in [0.2, 0.25) is 0 Å². The molecule has 6 heteroatoms. The molecule has 0 fully saturated rings. The second-order valence-corrected chi connectivity index (χ2v) is 4.99. The van der Waals surface area contributed by atoms with Crippen molar-refractivity contribution in [2.24, 2.45) is 0 Å². The topological polar surface area (TPSA) is 73.9 Å². The summed E-state index contributed by atoms with van der Waals surface area (Å²) < 4.78 is 15.7. The quantitative estimate of drug-likeness (QED) is 0.824. The summed E-state index contributed by atoms with van der Waals surface area (Å²) in [5, 5.41) is 2.76. The Morgan fingerprint density at radius 3 is 1.83 bits per heavy atom. The Labute approximate surface area is 140 Å². The number of rotatable bonds is 6. The summed E-state index contributed by atoms with van der Waals surface area (Å²) in [6.07, 6.45) is 0. The lowest BCUT2D eigenvalue weighted by Crippen LogP contribution is -2.15. The summed E-state index contributed by atoms with van der Waals surface area (Å²) in [5.74, 6) is 0.771. The Morgan fingerprint density at radius 1 is 0.875 bits per heavy atom. The van der Waals surface area contributed by atoms with Crippen molar-refractivity contribution in [2.75, 3.05) is 26.6 Å². The van der Waals surface area contributed by atoms with E-state index in [2.05, 4.69) is 5.32 Å². The molecule has 0 saturated heterocycles. The summed E-state index contributed by atoms with van der Waals surface area (Å²) in [6.45, 7) is 1.49. The van der Waals surface area contributed by atoms with Gasteiger partial charge in [-0.25, -0.2) is 0 Å². The lowest BCUT2D eigenvalue weighted by Gasteiger charge is -2.15. The Morgan fingerprint density at radius 2 is 1.42 bits per heavy atom. The van der Waals surface area contributed by atoms with Gasteiger partial charge in [-0.15, -0.1) is 0 Å². The third-order valence-electron chi connectivity index (χ3n) is 3.49. The molecule has 1 amide bonds. The molecular formula is C18H19NO5. The highest BCUT2D eigenvalue weighted by Crippen LogP contribution is 2.34. The number of Topliss-reactive ketones (excluding diaryl/α,β-unsaturated/α-hetero) is 1. The summed E-state index contributed by atoms with van der Waals surface area (Å²) in [4.78, 5) is 23.9. The number of benzene rings is 2. The van der Waals surface area contributed by atoms with Gasteiger partial charge in [0, 0.05) is 23.4 Å². The lowest BCUT2D eigenvalue weighted by atomic mass is 10.1. The second kappa shape index (κ2) is 7.50. The Balaban J connectivity index is 2.33. The number of ketones is 1. The molecule has 24 heavy (non-hydrogen) atoms. The molecular weight excluding hydrogens is 310 g/mol. The zero-order valence-electron chi connectivity index (χ0n) is 14.0. The van der Waals surface area contributed by atoms with Crippen LogP contribution >= 0.6 is 0 Å². The number of nitrogens with one attached hydrogen (secondary N) is 1. The van der Waals surface area contributed by atoms with E-state index in [-0.39, 0.29) is 17.3 Å². The second-order valence-electron chi connectivity index (χ2n) is 4.99. The van der Waals surface area contributed by atoms with Crippen LogP contribution in [0.15, 0.2) is 36.4 Å². The van der Waals surface area contributed by atoms with Gasteiger partial charge in [-0.3, -0.25) is 9.59 Å². The van der Waals surface area contributed by atoms with Crippen molar-refractivity contribution < 1.29 is 23.8 Å². The zero-order valence-corrected chi connectivity index (χ0v) is 14.0. The minimum atomic E-state index is -0.387. The smallest absolute Gasteiger partial charge is 0.263 e. The fourth-order valence-corrected chi connectivity index (χ4v) is 2.21. The molecule has 0 aromatic heterocycles. The van der Waals surface area contributed by atoms with Crippen LogP contribution in [0.4, 0.5) is 5.69 Å². The van der Waals surface area contributed by atoms with Crippen molar-refractivity contribution in [3.8, 4) is 17.2 Å². The fourth-order valence-electron chi connectivity index (χ4n) is 2.21. The van der Waals surface area contributed by atoms with Crippen molar-refractivity contribution in [3.05, 3.63) is 47.5 Å². The van der Waals surface area contributed by atoms with Gasteiger partial charge >= 0.3 is 0 Å². The van der Waals surface area contributed by atoms with Gasteiger partial charge in [-0.1, -0.05) is 0 Å². The van der Waals surface area contributed by atoms with Gasteiger partial charge in [0.25, 0.3) is 5.91 Å². The van der Waals surface area contributed by atoms with Crippen molar-refractivity contribution in [1.82, 2.24) is 0 Å². The lowest BCUT2D eigenvalue weighted by molar-refractivity contribution is 0.101. The summed E-state index contributed by atoms with van der Waals surface area (Å²) >= 11 is 0. The molecule has 0 unspecified atom stereocenters. The predicted molar refractivity (Wildman–Crippen MR) is 90.5 cm³/mol. The molecule has 0 heterocycles. The number of anilines is 1. The van der Waals surface area contributed by atoms with E-state index in [1.807, 2.05) is 0 Å². The van der Waals surface area contributed by atoms with Crippen LogP contribution in [0.5, 0.6) is 17.2 Å². The van der Waals surface area contributed by atoms with Crippen molar-refractivity contribution in [2.45, 2.75) is 6.92 Å². The predicted octanol–water partition coefficient (Wildman–Crippen LogP) is 3.17. The monoisotopic (exact) mass is 329 g/mol. The molecule has 0 spiro atoms. The number of carbonyl (C=O) groups is 2. The van der Waals surface area contributed by atoms with Crippen LogP contribution in [0, 0.1) is 0 Å². The van der Waals surface area contributed by atoms with Gasteiger partial charge in [0.15, 0.2) is 5.78 Å². The van der Waals surface area contributed by atoms with Crippen LogP contribution < -0.4 is 19.5 Å². The molecule has 0 atom stereocenters. The van der Waals surface area contributed by atoms with E-state index < -0.39 is 0 Å². The van der Waals surface area contributed by atoms with Crippen molar-refractivity contribution in [1.29, 1.82) is 0 Å². The van der Waals surface area contributed by atoms with Crippen LogP contribution in [0.1, 0.15) is 27.6 Å². The standard InChI is InChI=1S/C18H19NO5/c1-11(20)12-5-7-13(8-6-12)19-18(21)17-15(23-3)9-14(22-2)10-16(17)24-4/h5-10H,1-4H3,(H,19,21). The fraction of sp³-hybridized carbons (Fsp3) is 0.222. The van der Waals surface area contributed by atoms with Gasteiger partial charge in [0.2, 0.25) is 0 Å². The minimum absolute atomic E-state index is 0.0358. The Kier molecular flexibility index (Phi) is 5.42. The normalized spacial score (nSPS) is 10.0. The van der Waals surface area contributed by atoms with Crippen molar-refractivity contribution >= 4 is 17.4 Å². The maximum atomic E-state index is 12.6. The highest BCUT2D eigenvalue weighted by molar-refractivity contribution is 6.08. The average Bonchev–Trinajstić information content (AvgIpc) is 2.60. The van der Waals surface area contributed by atoms with E-state index >= 15 is 0 Å². The van der Waals surface area contributed by atoms with E-state index in [1.54, 1.807) is 36.4 Å². The van der Waals surface area contributed by atoms with Crippen molar-refractivity contribution in [3.63, 3.8) is 0 Å². The van der Waals surface area contributed by atoms with Gasteiger partial charge in [-0.05, 0) is 31.2 Å². The van der Waals surface area contributed by atoms with E-state index in [9.17, 15) is 9.59 Å². The van der Waals surface area contributed by atoms with Crippen LogP contribution in [-0.2, 0) is 0 Å². The molecule has 6 nitrogen and oxygen atoms in total. The van der Waals surface area contributed by atoms with E-state index in [0.717, 1.165) is 0 Å². The molecule has 126 valence electrons. The highest BCUT2D eigenvalue weighted by atomic mass is 16.5. The number of hydrogen-bond acceptors (Lipinski definition) is 5. The van der Waals surface area contributed by atoms with Crippen LogP contribution in [0.3, 0.4) is 0 Å². The molecule has 0 radical (unpaired) electrons. The number of amides is 1. The molecule has 2 aromatic rings. The average molecular weight is 329 g/mol. The first-order valence-electron chi connectivity index (χ1n) is 7.22. The van der Waals surface area contributed by atoms with Crippen LogP contribution in [0.25, 0.3) is 0 Å². The van der Waals surface area contributed by atoms with E-state index in [1.165, 1.54) is 28.3 Å². The molecule has 0 saturated carbocycles. The largest absolute Gasteiger partial charge is 0.496 e. The summed E-state index contributed by atoms with van der Waals surface area (Å²) in [7, 11) is 4.45. The van der Waals surface area contributed by atoms with E-state index in [0.29, 0.717) is 28.5 Å².